The molecule has 5 heteroatoms. The monoisotopic (exact) mass is 363 g/mol. The van der Waals surface area contributed by atoms with Crippen LogP contribution in [-0.4, -0.2) is 29.8 Å². The van der Waals surface area contributed by atoms with Gasteiger partial charge in [0, 0.05) is 12.6 Å². The first-order chi connectivity index (χ1) is 13.1. The molecule has 0 spiro atoms. The molecule has 1 atom stereocenters. The molecule has 1 saturated carbocycles. The highest BCUT2D eigenvalue weighted by molar-refractivity contribution is 6.00. The van der Waals surface area contributed by atoms with E-state index >= 15 is 0 Å². The number of likely N-dealkylation sites (N-methyl/N-ethyl adjacent to an activating group) is 1. The van der Waals surface area contributed by atoms with Crippen molar-refractivity contribution in [2.45, 2.75) is 44.6 Å². The molecule has 0 unspecified atom stereocenters. The van der Waals surface area contributed by atoms with E-state index in [1.807, 2.05) is 42.6 Å². The Kier molecular flexibility index (Phi) is 6.08. The molecule has 0 saturated heterocycles. The second-order valence-electron chi connectivity index (χ2n) is 7.32. The number of amides is 2. The molecule has 1 fully saturated rings. The lowest BCUT2D eigenvalue weighted by Gasteiger charge is -2.27. The number of hydrogen-bond donors (Lipinski definition) is 1. The van der Waals surface area contributed by atoms with Gasteiger partial charge in [-0.3, -0.25) is 14.5 Å². The summed E-state index contributed by atoms with van der Waals surface area (Å²) in [5.41, 5.74) is 0.523. The smallest absolute Gasteiger partial charge is 0.257 e. The average molecular weight is 363 g/mol. The predicted octanol–water partition coefficient (Wildman–Crippen LogP) is 3.85. The third kappa shape index (κ3) is 4.65. The van der Waals surface area contributed by atoms with Gasteiger partial charge < -0.3 is 5.32 Å². The minimum atomic E-state index is -0.670. The normalized spacial score (nSPS) is 15.7. The lowest BCUT2D eigenvalue weighted by molar-refractivity contribution is -0.129. The molecule has 2 amide bonds. The SMILES string of the molecule is CN(C#N)C(=O)[C@H](CC1CCCCC1)NC(=O)c1ccc2ccccc2c1. The number of benzene rings is 2. The van der Waals surface area contributed by atoms with Crippen LogP contribution in [0.3, 0.4) is 0 Å². The Morgan fingerprint density at radius 3 is 2.56 bits per heavy atom. The largest absolute Gasteiger partial charge is 0.340 e. The van der Waals surface area contributed by atoms with Crippen molar-refractivity contribution in [3.05, 3.63) is 48.0 Å². The molecule has 0 heterocycles. The minimum absolute atomic E-state index is 0.277. The van der Waals surface area contributed by atoms with E-state index in [0.29, 0.717) is 17.9 Å². The number of nitrogens with one attached hydrogen (secondary N) is 1. The predicted molar refractivity (Wildman–Crippen MR) is 105 cm³/mol. The first kappa shape index (κ1) is 18.9. The van der Waals surface area contributed by atoms with Gasteiger partial charge in [0.25, 0.3) is 11.8 Å². The van der Waals surface area contributed by atoms with Gasteiger partial charge in [0.05, 0.1) is 0 Å². The van der Waals surface area contributed by atoms with Crippen LogP contribution in [0.5, 0.6) is 0 Å². The van der Waals surface area contributed by atoms with Gasteiger partial charge >= 0.3 is 0 Å². The number of rotatable bonds is 5. The first-order valence-corrected chi connectivity index (χ1v) is 9.55. The Morgan fingerprint density at radius 1 is 1.15 bits per heavy atom. The number of nitriles is 1. The summed E-state index contributed by atoms with van der Waals surface area (Å²) in [7, 11) is 1.44. The molecule has 140 valence electrons. The fourth-order valence-electron chi connectivity index (χ4n) is 3.83. The van der Waals surface area contributed by atoms with Crippen molar-refractivity contribution in [3.8, 4) is 6.19 Å². The highest BCUT2D eigenvalue weighted by atomic mass is 16.2. The van der Waals surface area contributed by atoms with Crippen LogP contribution in [0.25, 0.3) is 10.8 Å². The molecule has 1 N–H and O–H groups in total. The maximum absolute atomic E-state index is 12.8. The summed E-state index contributed by atoms with van der Waals surface area (Å²) >= 11 is 0. The fraction of sp³-hybridized carbons (Fsp3) is 0.409. The average Bonchev–Trinajstić information content (AvgIpc) is 2.72. The van der Waals surface area contributed by atoms with Crippen LogP contribution in [0, 0.1) is 17.4 Å². The van der Waals surface area contributed by atoms with Crippen LogP contribution in [-0.2, 0) is 4.79 Å². The van der Waals surface area contributed by atoms with E-state index in [2.05, 4.69) is 5.32 Å². The van der Waals surface area contributed by atoms with Crippen molar-refractivity contribution >= 4 is 22.6 Å². The molecule has 0 radical (unpaired) electrons. The molecule has 0 aliphatic heterocycles. The molecular weight excluding hydrogens is 338 g/mol. The third-order valence-corrected chi connectivity index (χ3v) is 5.39. The Morgan fingerprint density at radius 2 is 1.85 bits per heavy atom. The maximum atomic E-state index is 12.8. The van der Waals surface area contributed by atoms with Crippen LogP contribution in [0.4, 0.5) is 0 Å². The molecule has 1 aliphatic carbocycles. The summed E-state index contributed by atoms with van der Waals surface area (Å²) in [5.74, 6) is -0.213. The van der Waals surface area contributed by atoms with Crippen molar-refractivity contribution in [3.63, 3.8) is 0 Å². The van der Waals surface area contributed by atoms with Crippen LogP contribution in [0.15, 0.2) is 42.5 Å². The summed E-state index contributed by atoms with van der Waals surface area (Å²) in [6.07, 6.45) is 8.15. The van der Waals surface area contributed by atoms with Gasteiger partial charge in [0.2, 0.25) is 0 Å². The number of nitrogens with zero attached hydrogens (tertiary/aromatic N) is 2. The second kappa shape index (κ2) is 8.68. The van der Waals surface area contributed by atoms with E-state index in [0.717, 1.165) is 41.4 Å². The lowest BCUT2D eigenvalue weighted by Crippen LogP contribution is -2.47. The topological polar surface area (TPSA) is 73.2 Å². The minimum Gasteiger partial charge on any atom is -0.340 e. The van der Waals surface area contributed by atoms with Crippen molar-refractivity contribution in [1.82, 2.24) is 10.2 Å². The molecule has 0 aromatic heterocycles. The Labute approximate surface area is 160 Å². The van der Waals surface area contributed by atoms with Crippen molar-refractivity contribution in [2.75, 3.05) is 7.05 Å². The van der Waals surface area contributed by atoms with Crippen LogP contribution >= 0.6 is 0 Å². The summed E-state index contributed by atoms with van der Waals surface area (Å²) in [4.78, 5) is 26.4. The highest BCUT2D eigenvalue weighted by Crippen LogP contribution is 2.28. The molecule has 1 aliphatic rings. The molecule has 2 aromatic rings. The Balaban J connectivity index is 1.77. The lowest BCUT2D eigenvalue weighted by atomic mass is 9.84. The van der Waals surface area contributed by atoms with E-state index in [-0.39, 0.29) is 11.8 Å². The van der Waals surface area contributed by atoms with E-state index in [1.165, 1.54) is 13.5 Å². The number of carbonyl (C=O) groups is 2. The zero-order valence-electron chi connectivity index (χ0n) is 15.6. The first-order valence-electron chi connectivity index (χ1n) is 9.55. The van der Waals surface area contributed by atoms with E-state index < -0.39 is 6.04 Å². The Hall–Kier alpha value is -2.87. The summed E-state index contributed by atoms with van der Waals surface area (Å²) < 4.78 is 0. The molecule has 5 nitrogen and oxygen atoms in total. The summed E-state index contributed by atoms with van der Waals surface area (Å²) in [6.45, 7) is 0. The van der Waals surface area contributed by atoms with Gasteiger partial charge in [-0.2, -0.15) is 5.26 Å². The second-order valence-corrected chi connectivity index (χ2v) is 7.32. The zero-order valence-corrected chi connectivity index (χ0v) is 15.6. The molecule has 2 aromatic carbocycles. The Bertz CT molecular complexity index is 865. The van der Waals surface area contributed by atoms with Crippen molar-refractivity contribution in [1.29, 1.82) is 5.26 Å². The summed E-state index contributed by atoms with van der Waals surface area (Å²) in [6, 6.07) is 12.7. The molecule has 0 bridgehead atoms. The molecule has 3 rings (SSSR count). The maximum Gasteiger partial charge on any atom is 0.257 e. The highest BCUT2D eigenvalue weighted by Gasteiger charge is 2.28. The van der Waals surface area contributed by atoms with Gasteiger partial charge in [-0.25, -0.2) is 0 Å². The van der Waals surface area contributed by atoms with E-state index in [9.17, 15) is 9.59 Å². The standard InChI is InChI=1S/C22H25N3O2/c1-25(15-23)22(27)20(13-16-7-3-2-4-8-16)24-21(26)19-12-11-17-9-5-6-10-18(17)14-19/h5-6,9-12,14,16,20H,2-4,7-8,13H2,1H3,(H,24,26)/t20-/m0/s1. The van der Waals surface area contributed by atoms with Crippen molar-refractivity contribution < 1.29 is 9.59 Å². The van der Waals surface area contributed by atoms with E-state index in [4.69, 9.17) is 5.26 Å². The van der Waals surface area contributed by atoms with Crippen molar-refractivity contribution in [2.24, 2.45) is 5.92 Å². The quantitative estimate of drug-likeness (QED) is 0.648. The molecule has 27 heavy (non-hydrogen) atoms. The van der Waals surface area contributed by atoms with Crippen LogP contribution in [0.2, 0.25) is 0 Å². The van der Waals surface area contributed by atoms with E-state index in [1.54, 1.807) is 6.07 Å². The van der Waals surface area contributed by atoms with Gasteiger partial charge in [0.1, 0.15) is 6.04 Å². The summed E-state index contributed by atoms with van der Waals surface area (Å²) in [5, 5.41) is 14.0. The number of hydrogen-bond acceptors (Lipinski definition) is 3. The molecular formula is C22H25N3O2. The fourth-order valence-corrected chi connectivity index (χ4v) is 3.83. The van der Waals surface area contributed by atoms with Gasteiger partial charge in [-0.05, 0) is 35.2 Å². The van der Waals surface area contributed by atoms with Gasteiger partial charge in [0.15, 0.2) is 6.19 Å². The van der Waals surface area contributed by atoms with Crippen LogP contribution < -0.4 is 5.32 Å². The van der Waals surface area contributed by atoms with Crippen LogP contribution in [0.1, 0.15) is 48.9 Å². The van der Waals surface area contributed by atoms with Gasteiger partial charge in [-0.1, -0.05) is 62.4 Å². The third-order valence-electron chi connectivity index (χ3n) is 5.39. The van der Waals surface area contributed by atoms with Gasteiger partial charge in [-0.15, -0.1) is 0 Å². The number of fused-ring (bicyclic) bond motifs is 1. The number of carbonyl (C=O) groups excluding carboxylic acids is 2. The zero-order chi connectivity index (χ0) is 19.2.